The minimum atomic E-state index is -4.59. The Hall–Kier alpha value is -1.11. The summed E-state index contributed by atoms with van der Waals surface area (Å²) in [5, 5.41) is 6.32. The molecule has 1 aromatic carbocycles. The summed E-state index contributed by atoms with van der Waals surface area (Å²) in [6.45, 7) is 0. The van der Waals surface area contributed by atoms with Gasteiger partial charge in [0.2, 0.25) is 5.90 Å². The predicted octanol–water partition coefficient (Wildman–Crippen LogP) is 4.41. The zero-order valence-corrected chi connectivity index (χ0v) is 11.3. The van der Waals surface area contributed by atoms with Gasteiger partial charge in [0.15, 0.2) is 5.75 Å². The van der Waals surface area contributed by atoms with Crippen LogP contribution in [0.2, 0.25) is 10.0 Å². The van der Waals surface area contributed by atoms with E-state index in [1.807, 2.05) is 0 Å². The first-order chi connectivity index (χ1) is 8.66. The number of hydrogen-bond donors (Lipinski definition) is 2. The van der Waals surface area contributed by atoms with E-state index in [1.165, 1.54) is 0 Å². The molecule has 0 saturated heterocycles. The van der Waals surface area contributed by atoms with Crippen LogP contribution in [0.4, 0.5) is 13.2 Å². The molecule has 0 fully saturated rings. The van der Waals surface area contributed by atoms with E-state index in [2.05, 4.69) is 0 Å². The molecule has 3 nitrogen and oxygen atoms in total. The minimum Gasteiger partial charge on any atom is -0.435 e. The number of nitrogens with two attached hydrogens (primary N) is 1. The van der Waals surface area contributed by atoms with Crippen LogP contribution < -0.4 is 10.5 Å². The van der Waals surface area contributed by atoms with Gasteiger partial charge in [-0.25, -0.2) is 0 Å². The van der Waals surface area contributed by atoms with Crippen molar-refractivity contribution in [2.24, 2.45) is 5.73 Å². The number of alkyl halides is 3. The number of ether oxygens (including phenoxy) is 1. The molecule has 1 aromatic rings. The summed E-state index contributed by atoms with van der Waals surface area (Å²) in [4.78, 5) is 0. The Morgan fingerprint density at radius 1 is 1.26 bits per heavy atom. The van der Waals surface area contributed by atoms with Crippen molar-refractivity contribution in [3.8, 4) is 5.75 Å². The molecule has 3 N–H and O–H groups in total. The summed E-state index contributed by atoms with van der Waals surface area (Å²) >= 11 is 16.8. The van der Waals surface area contributed by atoms with Crippen LogP contribution in [-0.2, 0) is 6.18 Å². The van der Waals surface area contributed by atoms with Crippen molar-refractivity contribution in [2.45, 2.75) is 6.18 Å². The van der Waals surface area contributed by atoms with Crippen LogP contribution in [0.15, 0.2) is 23.4 Å². The third-order valence-corrected chi connectivity index (χ3v) is 2.75. The topological polar surface area (TPSA) is 59.1 Å². The van der Waals surface area contributed by atoms with E-state index in [9.17, 15) is 13.2 Å². The van der Waals surface area contributed by atoms with Crippen molar-refractivity contribution in [2.75, 3.05) is 0 Å². The SMILES string of the molecule is N=C(Oc1c(Cl)cc(C(F)(F)F)cc1Cl)/C(Cl)=C\N. The van der Waals surface area contributed by atoms with Crippen molar-refractivity contribution in [3.63, 3.8) is 0 Å². The average molecular weight is 334 g/mol. The Morgan fingerprint density at radius 2 is 1.74 bits per heavy atom. The molecule has 0 radical (unpaired) electrons. The maximum atomic E-state index is 12.5. The molecule has 9 heteroatoms. The van der Waals surface area contributed by atoms with Gasteiger partial charge in [0.25, 0.3) is 0 Å². The lowest BCUT2D eigenvalue weighted by Crippen LogP contribution is -2.10. The molecule has 104 valence electrons. The van der Waals surface area contributed by atoms with Crippen LogP contribution in [0, 0.1) is 5.41 Å². The number of halogens is 6. The van der Waals surface area contributed by atoms with Crippen LogP contribution in [0.25, 0.3) is 0 Å². The van der Waals surface area contributed by atoms with E-state index < -0.39 is 27.7 Å². The molecule has 0 heterocycles. The second-order valence-electron chi connectivity index (χ2n) is 3.21. The summed E-state index contributed by atoms with van der Waals surface area (Å²) in [6, 6.07) is 1.27. The summed E-state index contributed by atoms with van der Waals surface area (Å²) in [5.41, 5.74) is 4.03. The van der Waals surface area contributed by atoms with Crippen LogP contribution in [-0.4, -0.2) is 5.90 Å². The van der Waals surface area contributed by atoms with Gasteiger partial charge in [-0.3, -0.25) is 5.41 Å². The Balaban J connectivity index is 3.15. The summed E-state index contributed by atoms with van der Waals surface area (Å²) in [7, 11) is 0. The summed E-state index contributed by atoms with van der Waals surface area (Å²) < 4.78 is 42.3. The zero-order chi connectivity index (χ0) is 14.8. The predicted molar refractivity (Wildman–Crippen MR) is 67.9 cm³/mol. The largest absolute Gasteiger partial charge is 0.435 e. The molecule has 1 rings (SSSR count). The smallest absolute Gasteiger partial charge is 0.416 e. The minimum absolute atomic E-state index is 0.243. The van der Waals surface area contributed by atoms with Gasteiger partial charge in [0, 0.05) is 6.20 Å². The third-order valence-electron chi connectivity index (χ3n) is 1.89. The highest BCUT2D eigenvalue weighted by Crippen LogP contribution is 2.40. The first kappa shape index (κ1) is 15.9. The first-order valence-electron chi connectivity index (χ1n) is 4.57. The lowest BCUT2D eigenvalue weighted by Gasteiger charge is -2.13. The van der Waals surface area contributed by atoms with E-state index in [4.69, 9.17) is 50.7 Å². The third kappa shape index (κ3) is 3.92. The van der Waals surface area contributed by atoms with Crippen LogP contribution in [0.3, 0.4) is 0 Å². The van der Waals surface area contributed by atoms with Gasteiger partial charge in [-0.1, -0.05) is 34.8 Å². The van der Waals surface area contributed by atoms with Crippen molar-refractivity contribution < 1.29 is 17.9 Å². The van der Waals surface area contributed by atoms with Gasteiger partial charge >= 0.3 is 6.18 Å². The second kappa shape index (κ2) is 5.90. The molecular formula is C10H6Cl3F3N2O. The van der Waals surface area contributed by atoms with Crippen LogP contribution in [0.1, 0.15) is 5.56 Å². The Kier molecular flexibility index (Phi) is 4.95. The van der Waals surface area contributed by atoms with Crippen LogP contribution in [0.5, 0.6) is 5.75 Å². The highest BCUT2D eigenvalue weighted by atomic mass is 35.5. The fraction of sp³-hybridized carbons (Fsp3) is 0.100. The molecular weight excluding hydrogens is 327 g/mol. The second-order valence-corrected chi connectivity index (χ2v) is 4.43. The van der Waals surface area contributed by atoms with E-state index >= 15 is 0 Å². The van der Waals surface area contributed by atoms with E-state index in [0.29, 0.717) is 12.1 Å². The molecule has 0 unspecified atom stereocenters. The average Bonchev–Trinajstić information content (AvgIpc) is 2.30. The van der Waals surface area contributed by atoms with Crippen molar-refractivity contribution >= 4 is 40.7 Å². The van der Waals surface area contributed by atoms with Crippen molar-refractivity contribution in [3.05, 3.63) is 39.0 Å². The zero-order valence-electron chi connectivity index (χ0n) is 8.99. The number of hydrogen-bond acceptors (Lipinski definition) is 3. The lowest BCUT2D eigenvalue weighted by atomic mass is 10.2. The first-order valence-corrected chi connectivity index (χ1v) is 5.70. The highest BCUT2D eigenvalue weighted by Gasteiger charge is 2.32. The number of nitrogens with one attached hydrogen (secondary N) is 1. The monoisotopic (exact) mass is 332 g/mol. The summed E-state index contributed by atoms with van der Waals surface area (Å²) in [5.74, 6) is -0.894. The Morgan fingerprint density at radius 3 is 2.11 bits per heavy atom. The van der Waals surface area contributed by atoms with Gasteiger partial charge in [-0.05, 0) is 12.1 Å². The lowest BCUT2D eigenvalue weighted by molar-refractivity contribution is -0.137. The Bertz CT molecular complexity index is 520. The molecule has 0 aliphatic carbocycles. The molecule has 0 spiro atoms. The van der Waals surface area contributed by atoms with E-state index in [0.717, 1.165) is 6.20 Å². The molecule has 0 saturated carbocycles. The molecule has 0 aliphatic rings. The quantitative estimate of drug-likeness (QED) is 0.622. The van der Waals surface area contributed by atoms with Gasteiger partial charge in [-0.15, -0.1) is 0 Å². The highest BCUT2D eigenvalue weighted by molar-refractivity contribution is 6.42. The maximum absolute atomic E-state index is 12.5. The van der Waals surface area contributed by atoms with Crippen LogP contribution >= 0.6 is 34.8 Å². The normalized spacial score (nSPS) is 12.4. The Labute approximate surface area is 121 Å². The van der Waals surface area contributed by atoms with Gasteiger partial charge in [0.05, 0.1) is 15.6 Å². The molecule has 0 aliphatic heterocycles. The van der Waals surface area contributed by atoms with Crippen molar-refractivity contribution in [1.82, 2.24) is 0 Å². The van der Waals surface area contributed by atoms with Gasteiger partial charge in [-0.2, -0.15) is 13.2 Å². The molecule has 0 bridgehead atoms. The van der Waals surface area contributed by atoms with Crippen molar-refractivity contribution in [1.29, 1.82) is 5.41 Å². The molecule has 0 amide bonds. The standard InChI is InChI=1S/C10H6Cl3F3N2O/c11-5-1-4(10(14,15)16)2-6(12)8(5)19-9(18)7(13)3-17/h1-3,18H,17H2/b7-3+,18-9?. The molecule has 19 heavy (non-hydrogen) atoms. The summed E-state index contributed by atoms with van der Waals surface area (Å²) in [6.07, 6.45) is -3.70. The fourth-order valence-electron chi connectivity index (χ4n) is 1.05. The number of benzene rings is 1. The van der Waals surface area contributed by atoms with Gasteiger partial charge < -0.3 is 10.5 Å². The fourth-order valence-corrected chi connectivity index (χ4v) is 1.65. The molecule has 0 aromatic heterocycles. The van der Waals surface area contributed by atoms with E-state index in [-0.39, 0.29) is 10.8 Å². The molecule has 0 atom stereocenters. The van der Waals surface area contributed by atoms with E-state index in [1.54, 1.807) is 0 Å². The number of rotatable bonds is 2. The van der Waals surface area contributed by atoms with Gasteiger partial charge in [0.1, 0.15) is 5.03 Å². The maximum Gasteiger partial charge on any atom is 0.416 e.